The fraction of sp³-hybridized carbons (Fsp3) is 0.833. The van der Waals surface area contributed by atoms with Crippen LogP contribution in [0.15, 0.2) is 0 Å². The fourth-order valence-electron chi connectivity index (χ4n) is 0.644. The quantitative estimate of drug-likeness (QED) is 0.339. The molecule has 13 heavy (non-hydrogen) atoms. The van der Waals surface area contributed by atoms with Gasteiger partial charge in [0.15, 0.2) is 0 Å². The first-order chi connectivity index (χ1) is 5.54. The van der Waals surface area contributed by atoms with Crippen molar-refractivity contribution in [2.24, 2.45) is 5.73 Å². The van der Waals surface area contributed by atoms with Gasteiger partial charge in [-0.15, -0.1) is 17.0 Å². The maximum Gasteiger partial charge on any atom is 0.139 e. The van der Waals surface area contributed by atoms with Crippen LogP contribution in [-0.2, 0) is 4.79 Å². The summed E-state index contributed by atoms with van der Waals surface area (Å²) in [6.45, 7) is -0.705. The van der Waals surface area contributed by atoms with Crippen LogP contribution in [0.5, 0.6) is 0 Å². The molecule has 0 aliphatic heterocycles. The van der Waals surface area contributed by atoms with Gasteiger partial charge in [-0.25, -0.2) is 0 Å². The molecular formula is C6H14BrNO5. The van der Waals surface area contributed by atoms with Gasteiger partial charge in [-0.3, -0.25) is 0 Å². The van der Waals surface area contributed by atoms with Crippen molar-refractivity contribution in [1.29, 1.82) is 0 Å². The lowest BCUT2D eigenvalue weighted by molar-refractivity contribution is -0.118. The topological polar surface area (TPSA) is 124 Å². The number of rotatable bonds is 5. The number of aliphatic hydroxyl groups excluding tert-OH is 4. The van der Waals surface area contributed by atoms with Gasteiger partial charge in [0.25, 0.3) is 0 Å². The average Bonchev–Trinajstić information content (AvgIpc) is 2.12. The van der Waals surface area contributed by atoms with Gasteiger partial charge >= 0.3 is 0 Å². The van der Waals surface area contributed by atoms with Crippen molar-refractivity contribution in [3.05, 3.63) is 0 Å². The molecule has 0 spiro atoms. The van der Waals surface area contributed by atoms with Gasteiger partial charge in [0, 0.05) is 0 Å². The minimum atomic E-state index is -1.62. The highest BCUT2D eigenvalue weighted by atomic mass is 79.9. The van der Waals surface area contributed by atoms with Gasteiger partial charge in [-0.05, 0) is 0 Å². The van der Waals surface area contributed by atoms with E-state index < -0.39 is 31.0 Å². The predicted molar refractivity (Wildman–Crippen MR) is 49.5 cm³/mol. The van der Waals surface area contributed by atoms with Crippen molar-refractivity contribution in [3.8, 4) is 0 Å². The summed E-state index contributed by atoms with van der Waals surface area (Å²) in [6, 6.07) is -1.26. The molecule has 7 heteroatoms. The van der Waals surface area contributed by atoms with Gasteiger partial charge in [0.1, 0.15) is 24.6 Å². The standard InChI is InChI=1S/C6H13NO5.BrH/c7-3(1-8)5(11)6(12)4(10)2-9;/h1,3-6,9-12H,2,7H2;1H. The molecule has 0 aliphatic carbocycles. The Kier molecular flexibility index (Phi) is 8.74. The average molecular weight is 260 g/mol. The van der Waals surface area contributed by atoms with E-state index in [0.29, 0.717) is 0 Å². The van der Waals surface area contributed by atoms with Crippen LogP contribution in [-0.4, -0.2) is 57.7 Å². The summed E-state index contributed by atoms with van der Waals surface area (Å²) in [4.78, 5) is 10.0. The van der Waals surface area contributed by atoms with Crippen LogP contribution in [0.2, 0.25) is 0 Å². The molecule has 0 aromatic carbocycles. The Balaban J connectivity index is 0. The lowest BCUT2D eigenvalue weighted by atomic mass is 10.0. The number of carbonyl (C=O) groups is 1. The molecule has 0 aromatic heterocycles. The third kappa shape index (κ3) is 4.65. The van der Waals surface area contributed by atoms with Gasteiger partial charge in [-0.2, -0.15) is 0 Å². The highest BCUT2D eigenvalue weighted by Gasteiger charge is 2.28. The van der Waals surface area contributed by atoms with E-state index >= 15 is 0 Å². The van der Waals surface area contributed by atoms with Crippen molar-refractivity contribution in [2.45, 2.75) is 24.4 Å². The number of hydrogen-bond acceptors (Lipinski definition) is 6. The molecule has 0 heterocycles. The third-order valence-electron chi connectivity index (χ3n) is 1.48. The van der Waals surface area contributed by atoms with Gasteiger partial charge in [0.05, 0.1) is 12.6 Å². The normalized spacial score (nSPS) is 19.5. The summed E-state index contributed by atoms with van der Waals surface area (Å²) in [5.74, 6) is 0. The lowest BCUT2D eigenvalue weighted by Crippen LogP contribution is -2.49. The van der Waals surface area contributed by atoms with Crippen LogP contribution in [0.4, 0.5) is 0 Å². The Bertz CT molecular complexity index is 147. The monoisotopic (exact) mass is 259 g/mol. The zero-order valence-corrected chi connectivity index (χ0v) is 8.49. The highest BCUT2D eigenvalue weighted by Crippen LogP contribution is 2.01. The SMILES string of the molecule is Br.NC(C=O)C(O)C(O)C(O)CO. The number of hydrogen-bond donors (Lipinski definition) is 5. The summed E-state index contributed by atoms with van der Waals surface area (Å²) < 4.78 is 0. The van der Waals surface area contributed by atoms with Gasteiger partial charge < -0.3 is 31.0 Å². The van der Waals surface area contributed by atoms with Gasteiger partial charge in [-0.1, -0.05) is 0 Å². The van der Waals surface area contributed by atoms with E-state index in [1.54, 1.807) is 0 Å². The van der Waals surface area contributed by atoms with Crippen LogP contribution >= 0.6 is 17.0 Å². The molecule has 4 unspecified atom stereocenters. The van der Waals surface area contributed by atoms with E-state index in [2.05, 4.69) is 0 Å². The first-order valence-corrected chi connectivity index (χ1v) is 3.40. The Morgan fingerprint density at radius 2 is 1.69 bits per heavy atom. The molecule has 0 aliphatic rings. The number of carbonyl (C=O) groups excluding carboxylic acids is 1. The number of aliphatic hydroxyl groups is 4. The van der Waals surface area contributed by atoms with Crippen molar-refractivity contribution < 1.29 is 25.2 Å². The van der Waals surface area contributed by atoms with E-state index in [4.69, 9.17) is 26.2 Å². The van der Waals surface area contributed by atoms with E-state index in [0.717, 1.165) is 0 Å². The van der Waals surface area contributed by atoms with Crippen LogP contribution in [0.3, 0.4) is 0 Å². The molecule has 0 aromatic rings. The molecule has 0 saturated heterocycles. The fourth-order valence-corrected chi connectivity index (χ4v) is 0.644. The molecule has 80 valence electrons. The minimum absolute atomic E-state index is 0. The second-order valence-electron chi connectivity index (χ2n) is 2.44. The third-order valence-corrected chi connectivity index (χ3v) is 1.48. The Labute approximate surface area is 85.8 Å². The van der Waals surface area contributed by atoms with Crippen LogP contribution < -0.4 is 5.73 Å². The van der Waals surface area contributed by atoms with Crippen molar-refractivity contribution in [2.75, 3.05) is 6.61 Å². The zero-order valence-electron chi connectivity index (χ0n) is 6.78. The Morgan fingerprint density at radius 3 is 2.00 bits per heavy atom. The summed E-state index contributed by atoms with van der Waals surface area (Å²) >= 11 is 0. The largest absolute Gasteiger partial charge is 0.394 e. The van der Waals surface area contributed by atoms with Crippen LogP contribution in [0.1, 0.15) is 0 Å². The van der Waals surface area contributed by atoms with Crippen molar-refractivity contribution in [1.82, 2.24) is 0 Å². The summed E-state index contributed by atoms with van der Waals surface area (Å²) in [7, 11) is 0. The molecule has 0 bridgehead atoms. The lowest BCUT2D eigenvalue weighted by Gasteiger charge is -2.23. The number of halogens is 1. The number of nitrogens with two attached hydrogens (primary N) is 1. The Hall–Kier alpha value is -0.0500. The molecule has 6 nitrogen and oxygen atoms in total. The molecular weight excluding hydrogens is 246 g/mol. The summed E-state index contributed by atoms with van der Waals surface area (Å²) in [6.07, 6.45) is -4.43. The van der Waals surface area contributed by atoms with E-state index in [9.17, 15) is 4.79 Å². The molecule has 0 saturated carbocycles. The second-order valence-corrected chi connectivity index (χ2v) is 2.44. The molecule has 0 radical (unpaired) electrons. The predicted octanol–water partition coefficient (Wildman–Crippen LogP) is -2.83. The molecule has 0 rings (SSSR count). The molecule has 0 amide bonds. The van der Waals surface area contributed by atoms with Crippen molar-refractivity contribution in [3.63, 3.8) is 0 Å². The Morgan fingerprint density at radius 1 is 1.23 bits per heavy atom. The van der Waals surface area contributed by atoms with E-state index in [-0.39, 0.29) is 23.3 Å². The van der Waals surface area contributed by atoms with E-state index in [1.807, 2.05) is 0 Å². The zero-order chi connectivity index (χ0) is 9.72. The van der Waals surface area contributed by atoms with Crippen molar-refractivity contribution >= 4 is 23.3 Å². The maximum absolute atomic E-state index is 10.0. The molecule has 0 fully saturated rings. The minimum Gasteiger partial charge on any atom is -0.394 e. The highest BCUT2D eigenvalue weighted by molar-refractivity contribution is 8.93. The van der Waals surface area contributed by atoms with E-state index in [1.165, 1.54) is 0 Å². The maximum atomic E-state index is 10.0. The first kappa shape index (κ1) is 15.4. The second kappa shape index (κ2) is 7.36. The molecule has 6 N–H and O–H groups in total. The smallest absolute Gasteiger partial charge is 0.139 e. The van der Waals surface area contributed by atoms with Crippen LogP contribution in [0, 0.1) is 0 Å². The number of aldehydes is 1. The first-order valence-electron chi connectivity index (χ1n) is 3.40. The van der Waals surface area contributed by atoms with Gasteiger partial charge in [0.2, 0.25) is 0 Å². The molecule has 4 atom stereocenters. The summed E-state index contributed by atoms with van der Waals surface area (Å²) in [5.41, 5.74) is 5.04. The summed E-state index contributed by atoms with van der Waals surface area (Å²) in [5, 5.41) is 35.2. The van der Waals surface area contributed by atoms with Crippen LogP contribution in [0.25, 0.3) is 0 Å².